The lowest BCUT2D eigenvalue weighted by Crippen LogP contribution is -2.42. The lowest BCUT2D eigenvalue weighted by Gasteiger charge is -2.27. The molecule has 0 radical (unpaired) electrons. The van der Waals surface area contributed by atoms with E-state index in [1.165, 1.54) is 6.92 Å². The molecular formula is C16H21ClN2O2. The van der Waals surface area contributed by atoms with Crippen molar-refractivity contribution < 1.29 is 9.59 Å². The van der Waals surface area contributed by atoms with Crippen LogP contribution in [0.2, 0.25) is 5.02 Å². The molecule has 114 valence electrons. The largest absolute Gasteiger partial charge is 0.331 e. The SMILES string of the molecule is CC(=O)N(CC(=O)Nc1cc(Cl)ccc1C)C1CCCC1. The maximum Gasteiger partial charge on any atom is 0.244 e. The van der Waals surface area contributed by atoms with Crippen LogP contribution in [0.3, 0.4) is 0 Å². The number of carbonyl (C=O) groups excluding carboxylic acids is 2. The van der Waals surface area contributed by atoms with Crippen molar-refractivity contribution in [3.63, 3.8) is 0 Å². The predicted molar refractivity (Wildman–Crippen MR) is 84.5 cm³/mol. The first-order valence-electron chi connectivity index (χ1n) is 7.30. The molecule has 0 saturated heterocycles. The van der Waals surface area contributed by atoms with E-state index in [4.69, 9.17) is 11.6 Å². The maximum atomic E-state index is 12.2. The Bertz CT molecular complexity index is 539. The molecule has 0 atom stereocenters. The van der Waals surface area contributed by atoms with E-state index in [9.17, 15) is 9.59 Å². The molecule has 0 aromatic heterocycles. The molecule has 1 fully saturated rings. The highest BCUT2D eigenvalue weighted by Crippen LogP contribution is 2.24. The van der Waals surface area contributed by atoms with E-state index in [1.54, 1.807) is 17.0 Å². The minimum atomic E-state index is -0.178. The zero-order valence-corrected chi connectivity index (χ0v) is 13.2. The second-order valence-corrected chi connectivity index (χ2v) is 6.03. The van der Waals surface area contributed by atoms with Crippen molar-refractivity contribution in [2.75, 3.05) is 11.9 Å². The molecule has 5 heteroatoms. The van der Waals surface area contributed by atoms with Gasteiger partial charge in [-0.15, -0.1) is 0 Å². The Hall–Kier alpha value is -1.55. The molecule has 0 aliphatic heterocycles. The van der Waals surface area contributed by atoms with Crippen LogP contribution >= 0.6 is 11.6 Å². The van der Waals surface area contributed by atoms with Gasteiger partial charge in [0.15, 0.2) is 0 Å². The van der Waals surface area contributed by atoms with Crippen LogP contribution in [0.25, 0.3) is 0 Å². The number of benzene rings is 1. The van der Waals surface area contributed by atoms with E-state index in [0.29, 0.717) is 10.7 Å². The van der Waals surface area contributed by atoms with E-state index in [0.717, 1.165) is 31.2 Å². The van der Waals surface area contributed by atoms with Crippen molar-refractivity contribution in [3.8, 4) is 0 Å². The number of halogens is 1. The van der Waals surface area contributed by atoms with Crippen LogP contribution in [-0.2, 0) is 9.59 Å². The van der Waals surface area contributed by atoms with Gasteiger partial charge in [-0.25, -0.2) is 0 Å². The molecule has 0 spiro atoms. The minimum absolute atomic E-state index is 0.0418. The normalized spacial score (nSPS) is 15.0. The van der Waals surface area contributed by atoms with E-state index in [1.807, 2.05) is 13.0 Å². The van der Waals surface area contributed by atoms with Gasteiger partial charge >= 0.3 is 0 Å². The standard InChI is InChI=1S/C16H21ClN2O2/c1-11-7-8-13(17)9-15(11)18-16(21)10-19(12(2)20)14-5-3-4-6-14/h7-9,14H,3-6,10H2,1-2H3,(H,18,21). The molecule has 0 unspecified atom stereocenters. The van der Waals surface area contributed by atoms with E-state index >= 15 is 0 Å². The van der Waals surface area contributed by atoms with Crippen LogP contribution in [0.15, 0.2) is 18.2 Å². The van der Waals surface area contributed by atoms with Gasteiger partial charge in [-0.3, -0.25) is 9.59 Å². The Morgan fingerprint density at radius 2 is 2.00 bits per heavy atom. The second kappa shape index (κ2) is 6.94. The van der Waals surface area contributed by atoms with Crippen molar-refractivity contribution in [1.29, 1.82) is 0 Å². The van der Waals surface area contributed by atoms with Crippen LogP contribution in [0.1, 0.15) is 38.2 Å². The first-order chi connectivity index (χ1) is 9.97. The smallest absolute Gasteiger partial charge is 0.244 e. The Balaban J connectivity index is 2.02. The predicted octanol–water partition coefficient (Wildman–Crippen LogP) is 3.38. The number of nitrogens with zero attached hydrogens (tertiary/aromatic N) is 1. The summed E-state index contributed by atoms with van der Waals surface area (Å²) in [5, 5.41) is 3.42. The van der Waals surface area contributed by atoms with Gasteiger partial charge in [0.05, 0.1) is 0 Å². The number of anilines is 1. The summed E-state index contributed by atoms with van der Waals surface area (Å²) in [5.41, 5.74) is 1.64. The summed E-state index contributed by atoms with van der Waals surface area (Å²) < 4.78 is 0. The van der Waals surface area contributed by atoms with Gasteiger partial charge in [0, 0.05) is 23.7 Å². The van der Waals surface area contributed by atoms with Crippen LogP contribution in [0.5, 0.6) is 0 Å². The van der Waals surface area contributed by atoms with Gasteiger partial charge in [0.1, 0.15) is 6.54 Å². The second-order valence-electron chi connectivity index (χ2n) is 5.59. The summed E-state index contributed by atoms with van der Waals surface area (Å²) in [5.74, 6) is -0.220. The summed E-state index contributed by atoms with van der Waals surface area (Å²) >= 11 is 5.94. The summed E-state index contributed by atoms with van der Waals surface area (Å²) in [6.45, 7) is 3.54. The minimum Gasteiger partial charge on any atom is -0.331 e. The Labute approximate surface area is 130 Å². The summed E-state index contributed by atoms with van der Waals surface area (Å²) in [6.07, 6.45) is 4.24. The Kier molecular flexibility index (Phi) is 5.23. The number of amides is 2. The quantitative estimate of drug-likeness (QED) is 0.927. The topological polar surface area (TPSA) is 49.4 Å². The van der Waals surface area contributed by atoms with E-state index in [2.05, 4.69) is 5.32 Å². The van der Waals surface area contributed by atoms with Crippen molar-refractivity contribution in [1.82, 2.24) is 4.90 Å². The number of rotatable bonds is 4. The van der Waals surface area contributed by atoms with Crippen molar-refractivity contribution >= 4 is 29.1 Å². The summed E-state index contributed by atoms with van der Waals surface area (Å²) in [7, 11) is 0. The highest BCUT2D eigenvalue weighted by Gasteiger charge is 2.26. The van der Waals surface area contributed by atoms with Gasteiger partial charge in [-0.2, -0.15) is 0 Å². The maximum absolute atomic E-state index is 12.2. The number of aryl methyl sites for hydroxylation is 1. The molecule has 1 saturated carbocycles. The highest BCUT2D eigenvalue weighted by atomic mass is 35.5. The van der Waals surface area contributed by atoms with Crippen molar-refractivity contribution in [2.24, 2.45) is 0 Å². The van der Waals surface area contributed by atoms with Gasteiger partial charge in [0.2, 0.25) is 11.8 Å². The van der Waals surface area contributed by atoms with Gasteiger partial charge < -0.3 is 10.2 Å². The molecule has 0 bridgehead atoms. The first kappa shape index (κ1) is 15.8. The fraction of sp³-hybridized carbons (Fsp3) is 0.500. The van der Waals surface area contributed by atoms with Crippen molar-refractivity contribution in [3.05, 3.63) is 28.8 Å². The average molecular weight is 309 g/mol. The molecule has 2 rings (SSSR count). The average Bonchev–Trinajstić information content (AvgIpc) is 2.93. The van der Waals surface area contributed by atoms with Crippen LogP contribution in [0, 0.1) is 6.92 Å². The van der Waals surface area contributed by atoms with Gasteiger partial charge in [-0.1, -0.05) is 30.5 Å². The van der Waals surface area contributed by atoms with E-state index in [-0.39, 0.29) is 24.4 Å². The monoisotopic (exact) mass is 308 g/mol. The molecule has 4 nitrogen and oxygen atoms in total. The molecule has 1 aromatic rings. The summed E-state index contributed by atoms with van der Waals surface area (Å²) in [6, 6.07) is 5.57. The fourth-order valence-electron chi connectivity index (χ4n) is 2.79. The highest BCUT2D eigenvalue weighted by molar-refractivity contribution is 6.31. The Morgan fingerprint density at radius 1 is 1.33 bits per heavy atom. The zero-order chi connectivity index (χ0) is 15.4. The molecular weight excluding hydrogens is 288 g/mol. The van der Waals surface area contributed by atoms with Crippen LogP contribution < -0.4 is 5.32 Å². The number of hydrogen-bond donors (Lipinski definition) is 1. The fourth-order valence-corrected chi connectivity index (χ4v) is 2.96. The molecule has 1 aliphatic rings. The molecule has 1 aromatic carbocycles. The van der Waals surface area contributed by atoms with E-state index < -0.39 is 0 Å². The first-order valence-corrected chi connectivity index (χ1v) is 7.68. The lowest BCUT2D eigenvalue weighted by molar-refractivity contribution is -0.135. The van der Waals surface area contributed by atoms with Gasteiger partial charge in [0.25, 0.3) is 0 Å². The summed E-state index contributed by atoms with van der Waals surface area (Å²) in [4.78, 5) is 25.6. The van der Waals surface area contributed by atoms with Gasteiger partial charge in [-0.05, 0) is 37.5 Å². The molecule has 0 heterocycles. The zero-order valence-electron chi connectivity index (χ0n) is 12.5. The molecule has 2 amide bonds. The number of carbonyl (C=O) groups is 2. The lowest BCUT2D eigenvalue weighted by atomic mass is 10.2. The molecule has 1 aliphatic carbocycles. The van der Waals surface area contributed by atoms with Crippen LogP contribution in [-0.4, -0.2) is 29.3 Å². The number of nitrogens with one attached hydrogen (secondary N) is 1. The number of hydrogen-bond acceptors (Lipinski definition) is 2. The van der Waals surface area contributed by atoms with Crippen LogP contribution in [0.4, 0.5) is 5.69 Å². The molecule has 1 N–H and O–H groups in total. The Morgan fingerprint density at radius 3 is 2.62 bits per heavy atom. The third-order valence-electron chi connectivity index (χ3n) is 3.96. The third-order valence-corrected chi connectivity index (χ3v) is 4.19. The third kappa shape index (κ3) is 4.21. The molecule has 21 heavy (non-hydrogen) atoms. The van der Waals surface area contributed by atoms with Crippen molar-refractivity contribution in [2.45, 2.75) is 45.6 Å².